The first-order chi connectivity index (χ1) is 12.9. The molecule has 1 unspecified atom stereocenters. The summed E-state index contributed by atoms with van der Waals surface area (Å²) in [6, 6.07) is 11.2. The van der Waals surface area contributed by atoms with Crippen LogP contribution in [0.4, 0.5) is 4.39 Å². The van der Waals surface area contributed by atoms with E-state index in [2.05, 4.69) is 15.3 Å². The third kappa shape index (κ3) is 5.18. The Bertz CT molecular complexity index is 895. The fraction of sp³-hybridized carbons (Fsp3) is 0.250. The number of aliphatic hydroxyl groups is 1. The first-order valence-electron chi connectivity index (χ1n) is 8.55. The number of hydrogen-bond acceptors (Lipinski definition) is 5. The molecule has 0 saturated carbocycles. The Hall–Kier alpha value is -2.64. The molecule has 0 aliphatic rings. The van der Waals surface area contributed by atoms with Gasteiger partial charge in [0.2, 0.25) is 5.91 Å². The van der Waals surface area contributed by atoms with Gasteiger partial charge >= 0.3 is 0 Å². The molecule has 27 heavy (non-hydrogen) atoms. The molecule has 0 radical (unpaired) electrons. The molecule has 0 aliphatic heterocycles. The second kappa shape index (κ2) is 8.37. The zero-order chi connectivity index (χ0) is 19.3. The molecule has 0 aliphatic carbocycles. The number of carbonyl (C=O) groups excluding carboxylic acids is 1. The van der Waals surface area contributed by atoms with Crippen molar-refractivity contribution in [3.05, 3.63) is 71.1 Å². The summed E-state index contributed by atoms with van der Waals surface area (Å²) in [6.45, 7) is 1.63. The van der Waals surface area contributed by atoms with Crippen LogP contribution in [0.1, 0.15) is 24.6 Å². The highest BCUT2D eigenvalue weighted by molar-refractivity contribution is 7.13. The van der Waals surface area contributed by atoms with Crippen LogP contribution in [-0.2, 0) is 16.8 Å². The molecule has 2 aromatic heterocycles. The number of benzene rings is 1. The number of rotatable bonds is 7. The average Bonchev–Trinajstić information content (AvgIpc) is 3.15. The largest absolute Gasteiger partial charge is 0.384 e. The summed E-state index contributed by atoms with van der Waals surface area (Å²) in [4.78, 5) is 20.9. The molecule has 5 nitrogen and oxygen atoms in total. The number of pyridine rings is 1. The Morgan fingerprint density at radius 2 is 2.04 bits per heavy atom. The molecule has 7 heteroatoms. The van der Waals surface area contributed by atoms with Crippen LogP contribution in [0.3, 0.4) is 0 Å². The molecule has 1 aromatic carbocycles. The van der Waals surface area contributed by atoms with Crippen LogP contribution in [0.15, 0.2) is 54.0 Å². The SMILES string of the molecule is CC(O)(CNC(=O)CCc1csc(-c2ccccn2)n1)c1ccc(F)cc1. The summed E-state index contributed by atoms with van der Waals surface area (Å²) >= 11 is 1.49. The third-order valence-corrected chi connectivity index (χ3v) is 5.05. The monoisotopic (exact) mass is 385 g/mol. The number of halogens is 1. The lowest BCUT2D eigenvalue weighted by molar-refractivity contribution is -0.122. The van der Waals surface area contributed by atoms with Crippen molar-refractivity contribution in [3.8, 4) is 10.7 Å². The number of aryl methyl sites for hydroxylation is 1. The predicted molar refractivity (Wildman–Crippen MR) is 103 cm³/mol. The van der Waals surface area contributed by atoms with Crippen molar-refractivity contribution in [2.75, 3.05) is 6.54 Å². The number of carbonyl (C=O) groups is 1. The first kappa shape index (κ1) is 19.1. The van der Waals surface area contributed by atoms with E-state index < -0.39 is 5.60 Å². The molecular formula is C20H20FN3O2S. The molecule has 3 aromatic rings. The van der Waals surface area contributed by atoms with Crippen LogP contribution < -0.4 is 5.32 Å². The summed E-state index contributed by atoms with van der Waals surface area (Å²) in [5.41, 5.74) is 0.925. The lowest BCUT2D eigenvalue weighted by Crippen LogP contribution is -2.38. The van der Waals surface area contributed by atoms with Crippen molar-refractivity contribution in [1.29, 1.82) is 0 Å². The normalized spacial score (nSPS) is 13.1. The van der Waals surface area contributed by atoms with Crippen molar-refractivity contribution in [2.24, 2.45) is 0 Å². The van der Waals surface area contributed by atoms with E-state index >= 15 is 0 Å². The fourth-order valence-electron chi connectivity index (χ4n) is 2.54. The highest BCUT2D eigenvalue weighted by Crippen LogP contribution is 2.22. The van der Waals surface area contributed by atoms with Crippen LogP contribution in [-0.4, -0.2) is 27.5 Å². The second-order valence-electron chi connectivity index (χ2n) is 6.42. The minimum absolute atomic E-state index is 0.0493. The molecule has 3 rings (SSSR count). The first-order valence-corrected chi connectivity index (χ1v) is 9.43. The van der Waals surface area contributed by atoms with E-state index in [4.69, 9.17) is 0 Å². The molecule has 1 amide bonds. The highest BCUT2D eigenvalue weighted by atomic mass is 32.1. The van der Waals surface area contributed by atoms with Crippen molar-refractivity contribution in [2.45, 2.75) is 25.4 Å². The van der Waals surface area contributed by atoms with Gasteiger partial charge in [-0.25, -0.2) is 9.37 Å². The maximum Gasteiger partial charge on any atom is 0.220 e. The quantitative estimate of drug-likeness (QED) is 0.654. The van der Waals surface area contributed by atoms with Gasteiger partial charge in [-0.05, 0) is 43.2 Å². The van der Waals surface area contributed by atoms with Gasteiger partial charge in [-0.15, -0.1) is 11.3 Å². The standard InChI is InChI=1S/C20H20FN3O2S/c1-20(26,14-5-7-15(21)8-6-14)13-23-18(25)10-9-16-12-27-19(24-16)17-4-2-3-11-22-17/h2-8,11-12,26H,9-10,13H2,1H3,(H,23,25). The van der Waals surface area contributed by atoms with Gasteiger partial charge in [0.15, 0.2) is 0 Å². The van der Waals surface area contributed by atoms with Gasteiger partial charge in [-0.1, -0.05) is 18.2 Å². The number of amides is 1. The van der Waals surface area contributed by atoms with Crippen molar-refractivity contribution >= 4 is 17.2 Å². The van der Waals surface area contributed by atoms with Crippen LogP contribution in [0, 0.1) is 5.82 Å². The van der Waals surface area contributed by atoms with Gasteiger partial charge in [-0.2, -0.15) is 0 Å². The van der Waals surface area contributed by atoms with Gasteiger partial charge in [-0.3, -0.25) is 9.78 Å². The topological polar surface area (TPSA) is 75.1 Å². The zero-order valence-corrected chi connectivity index (χ0v) is 15.7. The summed E-state index contributed by atoms with van der Waals surface area (Å²) in [5, 5.41) is 16.0. The van der Waals surface area contributed by atoms with Crippen LogP contribution in [0.5, 0.6) is 0 Å². The highest BCUT2D eigenvalue weighted by Gasteiger charge is 2.23. The van der Waals surface area contributed by atoms with Gasteiger partial charge in [0.25, 0.3) is 0 Å². The maximum absolute atomic E-state index is 13.0. The van der Waals surface area contributed by atoms with E-state index in [1.807, 2.05) is 23.6 Å². The molecule has 140 valence electrons. The van der Waals surface area contributed by atoms with E-state index in [0.29, 0.717) is 12.0 Å². The van der Waals surface area contributed by atoms with E-state index in [0.717, 1.165) is 16.4 Å². The van der Waals surface area contributed by atoms with Crippen LogP contribution in [0.2, 0.25) is 0 Å². The van der Waals surface area contributed by atoms with Gasteiger partial charge in [0.1, 0.15) is 16.4 Å². The van der Waals surface area contributed by atoms with Crippen LogP contribution >= 0.6 is 11.3 Å². The lowest BCUT2D eigenvalue weighted by atomic mass is 9.96. The van der Waals surface area contributed by atoms with Crippen molar-refractivity contribution in [3.63, 3.8) is 0 Å². The Morgan fingerprint density at radius 1 is 1.26 bits per heavy atom. The maximum atomic E-state index is 13.0. The Morgan fingerprint density at radius 3 is 2.74 bits per heavy atom. The van der Waals surface area contributed by atoms with Gasteiger partial charge in [0.05, 0.1) is 17.9 Å². The molecule has 2 N–H and O–H groups in total. The average molecular weight is 385 g/mol. The number of hydrogen-bond donors (Lipinski definition) is 2. The Kier molecular flexibility index (Phi) is 5.93. The van der Waals surface area contributed by atoms with E-state index in [1.54, 1.807) is 13.1 Å². The number of nitrogens with zero attached hydrogens (tertiary/aromatic N) is 2. The zero-order valence-electron chi connectivity index (χ0n) is 14.9. The summed E-state index contributed by atoms with van der Waals surface area (Å²) < 4.78 is 13.0. The Labute approximate surface area is 160 Å². The second-order valence-corrected chi connectivity index (χ2v) is 7.27. The minimum atomic E-state index is -1.27. The molecular weight excluding hydrogens is 365 g/mol. The third-order valence-electron chi connectivity index (χ3n) is 4.14. The van der Waals surface area contributed by atoms with Crippen molar-refractivity contribution < 1.29 is 14.3 Å². The van der Waals surface area contributed by atoms with E-state index in [-0.39, 0.29) is 24.7 Å². The molecule has 0 spiro atoms. The minimum Gasteiger partial charge on any atom is -0.384 e. The number of thiazole rings is 1. The summed E-state index contributed by atoms with van der Waals surface area (Å²) in [7, 11) is 0. The van der Waals surface area contributed by atoms with E-state index in [1.165, 1.54) is 35.6 Å². The summed E-state index contributed by atoms with van der Waals surface area (Å²) in [6.07, 6.45) is 2.50. The molecule has 0 fully saturated rings. The molecule has 0 saturated heterocycles. The van der Waals surface area contributed by atoms with Crippen molar-refractivity contribution in [1.82, 2.24) is 15.3 Å². The smallest absolute Gasteiger partial charge is 0.220 e. The number of nitrogens with one attached hydrogen (secondary N) is 1. The van der Waals surface area contributed by atoms with E-state index in [9.17, 15) is 14.3 Å². The lowest BCUT2D eigenvalue weighted by Gasteiger charge is -2.24. The molecule has 1 atom stereocenters. The molecule has 0 bridgehead atoms. The van der Waals surface area contributed by atoms with Gasteiger partial charge in [0, 0.05) is 18.0 Å². The Balaban J connectivity index is 1.50. The fourth-order valence-corrected chi connectivity index (χ4v) is 3.37. The van der Waals surface area contributed by atoms with Crippen LogP contribution in [0.25, 0.3) is 10.7 Å². The summed E-state index contributed by atoms with van der Waals surface area (Å²) in [5.74, 6) is -0.545. The predicted octanol–water partition coefficient (Wildman–Crippen LogP) is 3.30. The molecule has 2 heterocycles. The van der Waals surface area contributed by atoms with Gasteiger partial charge < -0.3 is 10.4 Å². The number of aromatic nitrogens is 2.